The van der Waals surface area contributed by atoms with Gasteiger partial charge >= 0.3 is 11.9 Å². The fourth-order valence-corrected chi connectivity index (χ4v) is 3.28. The Labute approximate surface area is 128 Å². The molecule has 1 aromatic carbocycles. The fraction of sp³-hybridized carbons (Fsp3) is 0.412. The molecule has 2 bridgehead atoms. The van der Waals surface area contributed by atoms with E-state index in [0.717, 1.165) is 0 Å². The number of hydrogen-bond acceptors (Lipinski definition) is 5. The van der Waals surface area contributed by atoms with Gasteiger partial charge in [0.05, 0.1) is 5.56 Å². The van der Waals surface area contributed by atoms with Gasteiger partial charge in [0.2, 0.25) is 0 Å². The predicted octanol–water partition coefficient (Wildman–Crippen LogP) is 1.85. The van der Waals surface area contributed by atoms with Crippen LogP contribution in [0.15, 0.2) is 43.0 Å². The summed E-state index contributed by atoms with van der Waals surface area (Å²) in [5, 5.41) is 10.3. The van der Waals surface area contributed by atoms with Crippen LogP contribution >= 0.6 is 0 Å². The van der Waals surface area contributed by atoms with Crippen LogP contribution < -0.4 is 0 Å². The van der Waals surface area contributed by atoms with Crippen molar-refractivity contribution in [3.05, 3.63) is 48.6 Å². The summed E-state index contributed by atoms with van der Waals surface area (Å²) >= 11 is 0. The minimum absolute atomic E-state index is 0.173. The average molecular weight is 302 g/mol. The number of carbonyl (C=O) groups is 2. The Bertz CT molecular complexity index is 596. The maximum atomic E-state index is 12.2. The Kier molecular flexibility index (Phi) is 3.74. The molecular formula is C17H18O5. The van der Waals surface area contributed by atoms with Crippen LogP contribution in [-0.2, 0) is 14.3 Å². The van der Waals surface area contributed by atoms with Crippen LogP contribution in [0.5, 0.6) is 0 Å². The maximum absolute atomic E-state index is 12.2. The van der Waals surface area contributed by atoms with Gasteiger partial charge in [-0.15, -0.1) is 6.58 Å². The topological polar surface area (TPSA) is 72.8 Å². The second kappa shape index (κ2) is 5.57. The van der Waals surface area contributed by atoms with Gasteiger partial charge in [0, 0.05) is 12.3 Å². The highest BCUT2D eigenvalue weighted by Crippen LogP contribution is 2.43. The van der Waals surface area contributed by atoms with Gasteiger partial charge in [-0.1, -0.05) is 24.3 Å². The lowest BCUT2D eigenvalue weighted by molar-refractivity contribution is -0.154. The molecule has 5 nitrogen and oxygen atoms in total. The van der Waals surface area contributed by atoms with Crippen LogP contribution in [0, 0.1) is 5.92 Å². The van der Waals surface area contributed by atoms with Crippen molar-refractivity contribution in [3.63, 3.8) is 0 Å². The van der Waals surface area contributed by atoms with Crippen LogP contribution in [0.4, 0.5) is 0 Å². The van der Waals surface area contributed by atoms with E-state index in [4.69, 9.17) is 9.47 Å². The van der Waals surface area contributed by atoms with E-state index < -0.39 is 29.7 Å². The van der Waals surface area contributed by atoms with E-state index in [1.54, 1.807) is 30.3 Å². The van der Waals surface area contributed by atoms with Gasteiger partial charge in [0.1, 0.15) is 12.2 Å². The Hall–Kier alpha value is -2.14. The van der Waals surface area contributed by atoms with Crippen molar-refractivity contribution in [1.29, 1.82) is 0 Å². The van der Waals surface area contributed by atoms with Crippen molar-refractivity contribution in [1.82, 2.24) is 0 Å². The third-order valence-electron chi connectivity index (χ3n) is 4.33. The van der Waals surface area contributed by atoms with Gasteiger partial charge < -0.3 is 14.6 Å². The maximum Gasteiger partial charge on any atom is 0.338 e. The van der Waals surface area contributed by atoms with E-state index in [1.165, 1.54) is 0 Å². The summed E-state index contributed by atoms with van der Waals surface area (Å²) < 4.78 is 10.8. The number of carbonyl (C=O) groups excluding carboxylic acids is 2. The fourth-order valence-electron chi connectivity index (χ4n) is 3.28. The van der Waals surface area contributed by atoms with Gasteiger partial charge in [-0.25, -0.2) is 9.59 Å². The molecule has 2 aliphatic rings. The molecule has 1 saturated carbocycles. The molecule has 2 fully saturated rings. The third-order valence-corrected chi connectivity index (χ3v) is 4.33. The lowest BCUT2D eigenvalue weighted by Gasteiger charge is -2.35. The lowest BCUT2D eigenvalue weighted by atomic mass is 9.75. The van der Waals surface area contributed by atoms with Crippen molar-refractivity contribution >= 4 is 11.9 Å². The summed E-state index contributed by atoms with van der Waals surface area (Å²) in [6, 6.07) is 8.67. The SMILES string of the molecule is C=CC[C@H]1C[C@]2(O)C[C@@H](OC2=O)C1OC(=O)c1ccccc1. The normalized spacial score (nSPS) is 33.1. The molecular weight excluding hydrogens is 284 g/mol. The Morgan fingerprint density at radius 3 is 2.82 bits per heavy atom. The van der Waals surface area contributed by atoms with E-state index in [2.05, 4.69) is 6.58 Å². The molecule has 1 aromatic rings. The molecule has 3 rings (SSSR count). The van der Waals surface area contributed by atoms with Crippen molar-refractivity contribution in [2.45, 2.75) is 37.1 Å². The molecule has 1 N–H and O–H groups in total. The lowest BCUT2D eigenvalue weighted by Crippen LogP contribution is -2.47. The molecule has 4 atom stereocenters. The number of hydrogen-bond donors (Lipinski definition) is 1. The molecule has 1 unspecified atom stereocenters. The van der Waals surface area contributed by atoms with Gasteiger partial charge in [-0.05, 0) is 25.0 Å². The van der Waals surface area contributed by atoms with E-state index >= 15 is 0 Å². The standard InChI is InChI=1S/C17H18O5/c1-2-6-12-9-17(20)10-13(21-16(17)19)14(12)22-15(18)11-7-4-3-5-8-11/h2-5,7-8,12-14,20H,1,6,9-10H2/t12-,13+,14?,17-/m0/s1. The molecule has 1 aliphatic carbocycles. The van der Waals surface area contributed by atoms with Gasteiger partial charge in [0.25, 0.3) is 0 Å². The monoisotopic (exact) mass is 302 g/mol. The van der Waals surface area contributed by atoms with Gasteiger partial charge in [-0.3, -0.25) is 0 Å². The summed E-state index contributed by atoms with van der Waals surface area (Å²) in [4.78, 5) is 24.0. The van der Waals surface area contributed by atoms with E-state index in [-0.39, 0.29) is 18.8 Å². The molecule has 0 aromatic heterocycles. The Morgan fingerprint density at radius 1 is 1.41 bits per heavy atom. The number of esters is 2. The number of aliphatic hydroxyl groups is 1. The zero-order valence-electron chi connectivity index (χ0n) is 12.1. The summed E-state index contributed by atoms with van der Waals surface area (Å²) in [5.74, 6) is -1.25. The van der Waals surface area contributed by atoms with Crippen LogP contribution in [0.3, 0.4) is 0 Å². The molecule has 116 valence electrons. The van der Waals surface area contributed by atoms with Crippen molar-refractivity contribution < 1.29 is 24.2 Å². The summed E-state index contributed by atoms with van der Waals surface area (Å²) in [6.45, 7) is 3.69. The van der Waals surface area contributed by atoms with Gasteiger partial charge in [0.15, 0.2) is 5.60 Å². The highest BCUT2D eigenvalue weighted by atomic mass is 16.6. The molecule has 22 heavy (non-hydrogen) atoms. The van der Waals surface area contributed by atoms with Crippen molar-refractivity contribution in [3.8, 4) is 0 Å². The first-order valence-corrected chi connectivity index (χ1v) is 7.34. The summed E-state index contributed by atoms with van der Waals surface area (Å²) in [7, 11) is 0. The number of rotatable bonds is 4. The van der Waals surface area contributed by atoms with Gasteiger partial charge in [-0.2, -0.15) is 0 Å². The quantitative estimate of drug-likeness (QED) is 0.679. The van der Waals surface area contributed by atoms with Crippen molar-refractivity contribution in [2.24, 2.45) is 5.92 Å². The minimum Gasteiger partial charge on any atom is -0.456 e. The number of allylic oxidation sites excluding steroid dienone is 1. The zero-order valence-corrected chi connectivity index (χ0v) is 12.1. The highest BCUT2D eigenvalue weighted by Gasteiger charge is 2.58. The van der Waals surface area contributed by atoms with Crippen molar-refractivity contribution in [2.75, 3.05) is 0 Å². The van der Waals surface area contributed by atoms with Crippen LogP contribution in [0.1, 0.15) is 29.6 Å². The number of benzene rings is 1. The smallest absolute Gasteiger partial charge is 0.338 e. The summed E-state index contributed by atoms with van der Waals surface area (Å²) in [6.07, 6.45) is 1.49. The van der Waals surface area contributed by atoms with E-state index in [0.29, 0.717) is 12.0 Å². The molecule has 1 saturated heterocycles. The molecule has 0 amide bonds. The Balaban J connectivity index is 1.80. The summed E-state index contributed by atoms with van der Waals surface area (Å²) in [5.41, 5.74) is -1.00. The van der Waals surface area contributed by atoms with Crippen LogP contribution in [-0.4, -0.2) is 34.9 Å². The van der Waals surface area contributed by atoms with E-state index in [1.807, 2.05) is 6.07 Å². The number of ether oxygens (including phenoxy) is 2. The molecule has 0 spiro atoms. The third kappa shape index (κ3) is 2.52. The zero-order chi connectivity index (χ0) is 15.7. The van der Waals surface area contributed by atoms with Crippen LogP contribution in [0.2, 0.25) is 0 Å². The highest BCUT2D eigenvalue weighted by molar-refractivity contribution is 5.89. The largest absolute Gasteiger partial charge is 0.456 e. The molecule has 1 heterocycles. The first-order valence-electron chi connectivity index (χ1n) is 7.34. The molecule has 0 radical (unpaired) electrons. The first kappa shape index (κ1) is 14.8. The first-order chi connectivity index (χ1) is 10.5. The average Bonchev–Trinajstić information content (AvgIpc) is 2.75. The number of fused-ring (bicyclic) bond motifs is 2. The predicted molar refractivity (Wildman–Crippen MR) is 78.0 cm³/mol. The van der Waals surface area contributed by atoms with E-state index in [9.17, 15) is 14.7 Å². The molecule has 1 aliphatic heterocycles. The second-order valence-corrected chi connectivity index (χ2v) is 5.90. The molecule has 5 heteroatoms. The second-order valence-electron chi connectivity index (χ2n) is 5.90. The Morgan fingerprint density at radius 2 is 2.14 bits per heavy atom. The minimum atomic E-state index is -1.45. The van der Waals surface area contributed by atoms with Crippen LogP contribution in [0.25, 0.3) is 0 Å².